The third-order valence-electron chi connectivity index (χ3n) is 3.91. The number of piperazine rings is 1. The van der Waals surface area contributed by atoms with Gasteiger partial charge in [-0.05, 0) is 19.1 Å². The Morgan fingerprint density at radius 2 is 1.85 bits per heavy atom. The minimum Gasteiger partial charge on any atom is -0.342 e. The second-order valence-corrected chi connectivity index (χ2v) is 5.79. The van der Waals surface area contributed by atoms with Crippen molar-refractivity contribution in [3.05, 3.63) is 39.9 Å². The van der Waals surface area contributed by atoms with E-state index in [9.17, 15) is 24.5 Å². The molecule has 1 aromatic rings. The van der Waals surface area contributed by atoms with Crippen LogP contribution in [0.5, 0.6) is 0 Å². The van der Waals surface area contributed by atoms with Gasteiger partial charge in [0.15, 0.2) is 0 Å². The molecule has 138 valence electrons. The number of carbonyl (C=O) groups is 3. The summed E-state index contributed by atoms with van der Waals surface area (Å²) in [5, 5.41) is 14.5. The average molecular weight is 361 g/mol. The van der Waals surface area contributed by atoms with Crippen molar-refractivity contribution < 1.29 is 19.3 Å². The molecule has 1 fully saturated rings. The van der Waals surface area contributed by atoms with E-state index >= 15 is 0 Å². The predicted octanol–water partition coefficient (Wildman–Crippen LogP) is 0.391. The topological polar surface area (TPSA) is 125 Å². The zero-order valence-corrected chi connectivity index (χ0v) is 14.3. The van der Waals surface area contributed by atoms with Gasteiger partial charge < -0.3 is 9.80 Å². The largest absolute Gasteiger partial charge is 0.342 e. The van der Waals surface area contributed by atoms with E-state index in [1.807, 2.05) is 0 Å². The van der Waals surface area contributed by atoms with Gasteiger partial charge in [-0.25, -0.2) is 5.43 Å². The third kappa shape index (κ3) is 5.10. The summed E-state index contributed by atoms with van der Waals surface area (Å²) in [6, 6.07) is 5.12. The number of rotatable bonds is 6. The van der Waals surface area contributed by atoms with E-state index in [4.69, 9.17) is 0 Å². The molecule has 2 rings (SSSR count). The van der Waals surface area contributed by atoms with Crippen LogP contribution in [0.3, 0.4) is 0 Å². The first-order valence-corrected chi connectivity index (χ1v) is 7.96. The van der Waals surface area contributed by atoms with Crippen LogP contribution >= 0.6 is 0 Å². The van der Waals surface area contributed by atoms with E-state index < -0.39 is 10.8 Å². The molecule has 1 aliphatic rings. The van der Waals surface area contributed by atoms with Crippen LogP contribution in [0.15, 0.2) is 29.4 Å². The maximum Gasteiger partial charge on any atom is 0.271 e. The van der Waals surface area contributed by atoms with Gasteiger partial charge in [-0.15, -0.1) is 0 Å². The normalized spacial score (nSPS) is 14.7. The number of nitrogens with zero attached hydrogens (tertiary/aromatic N) is 4. The van der Waals surface area contributed by atoms with Crippen molar-refractivity contribution in [2.24, 2.45) is 5.10 Å². The van der Waals surface area contributed by atoms with Gasteiger partial charge in [0.25, 0.3) is 11.6 Å². The molecular formula is C16H19N5O5. The summed E-state index contributed by atoms with van der Waals surface area (Å²) in [7, 11) is 0. The summed E-state index contributed by atoms with van der Waals surface area (Å²) in [6.45, 7) is 3.57. The Hall–Kier alpha value is -3.30. The smallest absolute Gasteiger partial charge is 0.271 e. The Labute approximate surface area is 149 Å². The number of non-ortho nitro benzene ring substituents is 1. The summed E-state index contributed by atoms with van der Waals surface area (Å²) < 4.78 is 0. The summed E-state index contributed by atoms with van der Waals surface area (Å²) in [5.74, 6) is -0.646. The molecule has 1 saturated heterocycles. The van der Waals surface area contributed by atoms with Crippen LogP contribution < -0.4 is 5.43 Å². The van der Waals surface area contributed by atoms with Crippen LogP contribution in [0, 0.1) is 10.1 Å². The molecule has 0 atom stereocenters. The van der Waals surface area contributed by atoms with E-state index in [1.54, 1.807) is 16.7 Å². The van der Waals surface area contributed by atoms with Gasteiger partial charge in [-0.2, -0.15) is 5.10 Å². The van der Waals surface area contributed by atoms with Crippen LogP contribution in [0.1, 0.15) is 23.7 Å². The second kappa shape index (κ2) is 8.70. The SMILES string of the molecule is CC(CC(=O)N1CCN(C=O)CC1)=NNC(=O)c1ccc([N+](=O)[O-])cc1. The van der Waals surface area contributed by atoms with Crippen LogP contribution in [0.4, 0.5) is 5.69 Å². The van der Waals surface area contributed by atoms with E-state index in [1.165, 1.54) is 24.3 Å². The minimum atomic E-state index is -0.551. The van der Waals surface area contributed by atoms with Gasteiger partial charge in [0.2, 0.25) is 12.3 Å². The minimum absolute atomic E-state index is 0.0572. The zero-order chi connectivity index (χ0) is 19.1. The number of nitro groups is 1. The van der Waals surface area contributed by atoms with Crippen molar-refractivity contribution in [3.8, 4) is 0 Å². The number of amides is 3. The van der Waals surface area contributed by atoms with E-state index in [2.05, 4.69) is 10.5 Å². The summed E-state index contributed by atoms with van der Waals surface area (Å²) >= 11 is 0. The third-order valence-corrected chi connectivity index (χ3v) is 3.91. The molecule has 0 bridgehead atoms. The molecule has 0 aliphatic carbocycles. The number of carbonyl (C=O) groups excluding carboxylic acids is 3. The molecule has 1 N–H and O–H groups in total. The van der Waals surface area contributed by atoms with Crippen molar-refractivity contribution >= 4 is 29.6 Å². The molecule has 1 heterocycles. The Kier molecular flexibility index (Phi) is 6.36. The lowest BCUT2D eigenvalue weighted by Gasteiger charge is -2.32. The molecular weight excluding hydrogens is 342 g/mol. The average Bonchev–Trinajstić information content (AvgIpc) is 2.66. The lowest BCUT2D eigenvalue weighted by atomic mass is 10.2. The summed E-state index contributed by atoms with van der Waals surface area (Å²) in [5.41, 5.74) is 2.87. The lowest BCUT2D eigenvalue weighted by Crippen LogP contribution is -2.48. The number of nitrogens with one attached hydrogen (secondary N) is 1. The van der Waals surface area contributed by atoms with Gasteiger partial charge in [0, 0.05) is 49.6 Å². The van der Waals surface area contributed by atoms with Gasteiger partial charge in [0.1, 0.15) is 0 Å². The quantitative estimate of drug-likeness (QED) is 0.340. The fourth-order valence-electron chi connectivity index (χ4n) is 2.39. The first kappa shape index (κ1) is 19.0. The highest BCUT2D eigenvalue weighted by Gasteiger charge is 2.20. The van der Waals surface area contributed by atoms with Crippen molar-refractivity contribution in [1.82, 2.24) is 15.2 Å². The molecule has 1 aliphatic heterocycles. The molecule has 0 saturated carbocycles. The fourth-order valence-corrected chi connectivity index (χ4v) is 2.39. The number of hydrogen-bond acceptors (Lipinski definition) is 6. The van der Waals surface area contributed by atoms with Gasteiger partial charge in [-0.3, -0.25) is 24.5 Å². The number of benzene rings is 1. The number of hydrogen-bond donors (Lipinski definition) is 1. The molecule has 0 radical (unpaired) electrons. The molecule has 1 aromatic carbocycles. The number of hydrazone groups is 1. The number of nitro benzene ring substituents is 1. The standard InChI is InChI=1S/C16H19N5O5/c1-12(10-15(23)20-8-6-19(11-22)7-9-20)17-18-16(24)13-2-4-14(5-3-13)21(25)26/h2-5,11H,6-10H2,1H3,(H,18,24). The maximum absolute atomic E-state index is 12.2. The molecule has 10 nitrogen and oxygen atoms in total. The molecule has 0 aromatic heterocycles. The molecule has 0 spiro atoms. The Morgan fingerprint density at radius 1 is 1.23 bits per heavy atom. The lowest BCUT2D eigenvalue weighted by molar-refractivity contribution is -0.384. The molecule has 0 unspecified atom stereocenters. The van der Waals surface area contributed by atoms with Crippen molar-refractivity contribution in [2.45, 2.75) is 13.3 Å². The van der Waals surface area contributed by atoms with Crippen LogP contribution in [0.25, 0.3) is 0 Å². The van der Waals surface area contributed by atoms with Crippen LogP contribution in [-0.2, 0) is 9.59 Å². The van der Waals surface area contributed by atoms with E-state index in [0.29, 0.717) is 31.9 Å². The zero-order valence-electron chi connectivity index (χ0n) is 14.3. The van der Waals surface area contributed by atoms with Crippen molar-refractivity contribution in [2.75, 3.05) is 26.2 Å². The molecule has 26 heavy (non-hydrogen) atoms. The van der Waals surface area contributed by atoms with Crippen LogP contribution in [0.2, 0.25) is 0 Å². The van der Waals surface area contributed by atoms with Crippen molar-refractivity contribution in [3.63, 3.8) is 0 Å². The fraction of sp³-hybridized carbons (Fsp3) is 0.375. The second-order valence-electron chi connectivity index (χ2n) is 5.79. The monoisotopic (exact) mass is 361 g/mol. The van der Waals surface area contributed by atoms with Gasteiger partial charge in [0.05, 0.1) is 11.3 Å². The van der Waals surface area contributed by atoms with E-state index in [0.717, 1.165) is 6.41 Å². The first-order chi connectivity index (χ1) is 12.4. The predicted molar refractivity (Wildman–Crippen MR) is 92.5 cm³/mol. The summed E-state index contributed by atoms with van der Waals surface area (Å²) in [6.07, 6.45) is 0.823. The maximum atomic E-state index is 12.2. The van der Waals surface area contributed by atoms with Gasteiger partial charge in [-0.1, -0.05) is 0 Å². The Bertz CT molecular complexity index is 723. The summed E-state index contributed by atoms with van der Waals surface area (Å²) in [4.78, 5) is 48.1. The molecule has 10 heteroatoms. The van der Waals surface area contributed by atoms with Crippen LogP contribution in [-0.4, -0.2) is 64.8 Å². The van der Waals surface area contributed by atoms with E-state index in [-0.39, 0.29) is 23.6 Å². The highest BCUT2D eigenvalue weighted by atomic mass is 16.6. The van der Waals surface area contributed by atoms with Gasteiger partial charge >= 0.3 is 0 Å². The van der Waals surface area contributed by atoms with Crippen molar-refractivity contribution in [1.29, 1.82) is 0 Å². The molecule has 3 amide bonds. The highest BCUT2D eigenvalue weighted by Crippen LogP contribution is 2.11. The Balaban J connectivity index is 1.85. The Morgan fingerprint density at radius 3 is 2.38 bits per heavy atom. The highest BCUT2D eigenvalue weighted by molar-refractivity contribution is 6.01. The first-order valence-electron chi connectivity index (χ1n) is 7.96.